The standard InChI is InChI=1S/C22H16BrF3N2O3S/c23-18-9-15(24)10-20(26)21(18)27-22(29)17-11-16(5-6-19(17)25)32(30,31)28-8-7-13-3-1-2-4-14(13)12-28/h1-6,9-11H,7-8,12H2,(H,27,29). The Morgan fingerprint density at radius 2 is 1.69 bits per heavy atom. The van der Waals surface area contributed by atoms with Crippen molar-refractivity contribution in [1.29, 1.82) is 0 Å². The van der Waals surface area contributed by atoms with E-state index in [2.05, 4.69) is 21.2 Å². The number of halogens is 4. The van der Waals surface area contributed by atoms with E-state index >= 15 is 0 Å². The van der Waals surface area contributed by atoms with Crippen molar-refractivity contribution in [2.75, 3.05) is 11.9 Å². The molecule has 5 nitrogen and oxygen atoms in total. The van der Waals surface area contributed by atoms with Gasteiger partial charge in [0.2, 0.25) is 10.0 Å². The van der Waals surface area contributed by atoms with Crippen molar-refractivity contribution in [2.24, 2.45) is 0 Å². The van der Waals surface area contributed by atoms with Crippen molar-refractivity contribution < 1.29 is 26.4 Å². The van der Waals surface area contributed by atoms with Gasteiger partial charge in [-0.3, -0.25) is 4.79 Å². The second kappa shape index (κ2) is 8.68. The topological polar surface area (TPSA) is 66.5 Å². The molecule has 0 saturated carbocycles. The van der Waals surface area contributed by atoms with Crippen molar-refractivity contribution in [3.05, 3.63) is 93.2 Å². The summed E-state index contributed by atoms with van der Waals surface area (Å²) in [5.41, 5.74) is 0.958. The van der Waals surface area contributed by atoms with Gasteiger partial charge < -0.3 is 5.32 Å². The maximum Gasteiger partial charge on any atom is 0.258 e. The van der Waals surface area contributed by atoms with Gasteiger partial charge in [0.05, 0.1) is 16.1 Å². The van der Waals surface area contributed by atoms with E-state index in [1.807, 2.05) is 24.3 Å². The van der Waals surface area contributed by atoms with Gasteiger partial charge in [-0.05, 0) is 57.7 Å². The van der Waals surface area contributed by atoms with Crippen molar-refractivity contribution in [2.45, 2.75) is 17.9 Å². The highest BCUT2D eigenvalue weighted by atomic mass is 79.9. The van der Waals surface area contributed by atoms with Crippen LogP contribution in [0.1, 0.15) is 21.5 Å². The first kappa shape index (κ1) is 22.5. The number of anilines is 1. The van der Waals surface area contributed by atoms with Crippen LogP contribution in [0.3, 0.4) is 0 Å². The van der Waals surface area contributed by atoms with Gasteiger partial charge in [-0.15, -0.1) is 0 Å². The lowest BCUT2D eigenvalue weighted by Gasteiger charge is -2.28. The third-order valence-electron chi connectivity index (χ3n) is 5.16. The Morgan fingerprint density at radius 1 is 0.969 bits per heavy atom. The predicted molar refractivity (Wildman–Crippen MR) is 116 cm³/mol. The average Bonchev–Trinajstić information content (AvgIpc) is 2.75. The summed E-state index contributed by atoms with van der Waals surface area (Å²) in [5, 5.41) is 2.16. The SMILES string of the molecule is O=C(Nc1c(F)cc(F)cc1Br)c1cc(S(=O)(=O)N2CCc3ccccc3C2)ccc1F. The Labute approximate surface area is 191 Å². The van der Waals surface area contributed by atoms with Crippen molar-refractivity contribution in [3.63, 3.8) is 0 Å². The molecule has 3 aromatic rings. The second-order valence-corrected chi connectivity index (χ2v) is 9.99. The van der Waals surface area contributed by atoms with E-state index in [1.165, 1.54) is 4.31 Å². The normalized spacial score (nSPS) is 14.1. The highest BCUT2D eigenvalue weighted by Gasteiger charge is 2.29. The van der Waals surface area contributed by atoms with E-state index in [0.717, 1.165) is 35.4 Å². The molecular weight excluding hydrogens is 509 g/mol. The summed E-state index contributed by atoms with van der Waals surface area (Å²) in [4.78, 5) is 12.3. The van der Waals surface area contributed by atoms with Gasteiger partial charge in [0.15, 0.2) is 5.82 Å². The number of carbonyl (C=O) groups is 1. The number of nitrogens with zero attached hydrogens (tertiary/aromatic N) is 1. The number of benzene rings is 3. The molecule has 0 spiro atoms. The van der Waals surface area contributed by atoms with Crippen molar-refractivity contribution >= 4 is 37.5 Å². The minimum atomic E-state index is -4.02. The molecule has 32 heavy (non-hydrogen) atoms. The van der Waals surface area contributed by atoms with Gasteiger partial charge in [-0.25, -0.2) is 21.6 Å². The summed E-state index contributed by atoms with van der Waals surface area (Å²) in [6.07, 6.45) is 0.530. The van der Waals surface area contributed by atoms with Crippen molar-refractivity contribution in [3.8, 4) is 0 Å². The Kier molecular flexibility index (Phi) is 6.11. The van der Waals surface area contributed by atoms with Crippen LogP contribution in [-0.4, -0.2) is 25.2 Å². The molecular formula is C22H16BrF3N2O3S. The lowest BCUT2D eigenvalue weighted by Crippen LogP contribution is -2.36. The summed E-state index contributed by atoms with van der Waals surface area (Å²) in [6, 6.07) is 11.8. The lowest BCUT2D eigenvalue weighted by molar-refractivity contribution is 0.102. The summed E-state index contributed by atoms with van der Waals surface area (Å²) in [7, 11) is -4.02. The first-order valence-electron chi connectivity index (χ1n) is 9.49. The number of fused-ring (bicyclic) bond motifs is 1. The lowest BCUT2D eigenvalue weighted by atomic mass is 10.0. The van der Waals surface area contributed by atoms with E-state index in [4.69, 9.17) is 0 Å². The van der Waals surface area contributed by atoms with E-state index < -0.39 is 44.6 Å². The Bertz CT molecular complexity index is 1310. The second-order valence-electron chi connectivity index (χ2n) is 7.20. The Morgan fingerprint density at radius 3 is 2.41 bits per heavy atom. The zero-order valence-corrected chi connectivity index (χ0v) is 18.8. The molecule has 0 atom stereocenters. The fourth-order valence-corrected chi connectivity index (χ4v) is 5.46. The average molecular weight is 525 g/mol. The fraction of sp³-hybridized carbons (Fsp3) is 0.136. The summed E-state index contributed by atoms with van der Waals surface area (Å²) >= 11 is 2.94. The first-order chi connectivity index (χ1) is 15.2. The molecule has 1 amide bonds. The molecule has 1 aliphatic rings. The quantitative estimate of drug-likeness (QED) is 0.529. The zero-order chi connectivity index (χ0) is 23.0. The van der Waals surface area contributed by atoms with E-state index in [1.54, 1.807) is 0 Å². The molecule has 0 aromatic heterocycles. The molecule has 3 aromatic carbocycles. The summed E-state index contributed by atoms with van der Waals surface area (Å²) in [6.45, 7) is 0.400. The van der Waals surface area contributed by atoms with Gasteiger partial charge in [-0.2, -0.15) is 4.31 Å². The number of hydrogen-bond acceptors (Lipinski definition) is 3. The molecule has 0 radical (unpaired) electrons. The van der Waals surface area contributed by atoms with E-state index in [0.29, 0.717) is 12.5 Å². The highest BCUT2D eigenvalue weighted by Crippen LogP contribution is 2.29. The monoisotopic (exact) mass is 524 g/mol. The van der Waals surface area contributed by atoms with Gasteiger partial charge in [0.25, 0.3) is 5.91 Å². The minimum absolute atomic E-state index is 0.0838. The maximum atomic E-state index is 14.4. The molecule has 10 heteroatoms. The van der Waals surface area contributed by atoms with Crippen LogP contribution in [0.25, 0.3) is 0 Å². The third kappa shape index (κ3) is 4.30. The molecule has 0 bridgehead atoms. The fourth-order valence-electron chi connectivity index (χ4n) is 3.51. The molecule has 4 rings (SSSR count). The molecule has 0 saturated heterocycles. The molecule has 0 unspecified atom stereocenters. The van der Waals surface area contributed by atoms with Crippen LogP contribution in [0.15, 0.2) is 64.0 Å². The van der Waals surface area contributed by atoms with E-state index in [-0.39, 0.29) is 22.5 Å². The zero-order valence-electron chi connectivity index (χ0n) is 16.4. The molecule has 0 aliphatic carbocycles. The smallest absolute Gasteiger partial charge is 0.258 e. The largest absolute Gasteiger partial charge is 0.318 e. The number of sulfonamides is 1. The summed E-state index contributed by atoms with van der Waals surface area (Å²) in [5.74, 6) is -3.99. The van der Waals surface area contributed by atoms with Gasteiger partial charge in [0, 0.05) is 23.6 Å². The van der Waals surface area contributed by atoms with Crippen LogP contribution in [0.5, 0.6) is 0 Å². The molecule has 166 valence electrons. The van der Waals surface area contributed by atoms with Gasteiger partial charge in [0.1, 0.15) is 11.6 Å². The number of amides is 1. The first-order valence-corrected chi connectivity index (χ1v) is 11.7. The maximum absolute atomic E-state index is 14.4. The van der Waals surface area contributed by atoms with Crippen LogP contribution in [0, 0.1) is 17.5 Å². The highest BCUT2D eigenvalue weighted by molar-refractivity contribution is 9.10. The number of nitrogens with one attached hydrogen (secondary N) is 1. The van der Waals surface area contributed by atoms with Crippen LogP contribution in [-0.2, 0) is 23.0 Å². The van der Waals surface area contributed by atoms with Gasteiger partial charge >= 0.3 is 0 Å². The molecule has 1 N–H and O–H groups in total. The minimum Gasteiger partial charge on any atom is -0.318 e. The predicted octanol–water partition coefficient (Wildman–Crippen LogP) is 4.87. The van der Waals surface area contributed by atoms with Crippen LogP contribution >= 0.6 is 15.9 Å². The number of rotatable bonds is 4. The molecule has 1 heterocycles. The number of carbonyl (C=O) groups excluding carboxylic acids is 1. The Balaban J connectivity index is 1.63. The molecule has 0 fully saturated rings. The van der Waals surface area contributed by atoms with Crippen LogP contribution in [0.4, 0.5) is 18.9 Å². The third-order valence-corrected chi connectivity index (χ3v) is 7.63. The summed E-state index contributed by atoms with van der Waals surface area (Å²) < 4.78 is 69.2. The van der Waals surface area contributed by atoms with Crippen LogP contribution < -0.4 is 5.32 Å². The van der Waals surface area contributed by atoms with Crippen LogP contribution in [0.2, 0.25) is 0 Å². The Hall–Kier alpha value is -2.69. The number of hydrogen-bond donors (Lipinski definition) is 1. The van der Waals surface area contributed by atoms with Crippen molar-refractivity contribution in [1.82, 2.24) is 4.31 Å². The molecule has 1 aliphatic heterocycles. The van der Waals surface area contributed by atoms with Gasteiger partial charge in [-0.1, -0.05) is 24.3 Å². The van der Waals surface area contributed by atoms with E-state index in [9.17, 15) is 26.4 Å².